The molecule has 11 nitrogen and oxygen atoms in total. The molecule has 1 saturated heterocycles. The van der Waals surface area contributed by atoms with Crippen LogP contribution in [0.4, 0.5) is 0 Å². The molecule has 0 spiro atoms. The van der Waals surface area contributed by atoms with Gasteiger partial charge in [0.2, 0.25) is 17.7 Å². The average Bonchev–Trinajstić information content (AvgIpc) is 3.11. The van der Waals surface area contributed by atoms with Gasteiger partial charge in [0.25, 0.3) is 5.56 Å². The standard InChI is InChI=1S/C21H25N5O6S/c1-3-4-9-22-14(27)10-13-17(28)26-21(33-13)23-16(11-5-7-12(32-2)8-6-11)15-18(29)24-20(31)25-19(15)30/h5-8,13,16H,3-4,9-10H2,1-2H3,(H,22,27)(H,23,26,28)(H3,24,25,29,30,31)/t13-,16+/m0/s1. The average molecular weight is 476 g/mol. The number of rotatable bonds is 9. The minimum absolute atomic E-state index is 0.0169. The summed E-state index contributed by atoms with van der Waals surface area (Å²) < 4.78 is 5.15. The third-order valence-electron chi connectivity index (χ3n) is 4.91. The number of methoxy groups -OCH3 is 1. The van der Waals surface area contributed by atoms with Crippen LogP contribution in [-0.2, 0) is 9.59 Å². The van der Waals surface area contributed by atoms with Crippen molar-refractivity contribution in [3.8, 4) is 11.6 Å². The van der Waals surface area contributed by atoms with Crippen molar-refractivity contribution in [1.82, 2.24) is 20.6 Å². The van der Waals surface area contributed by atoms with Gasteiger partial charge >= 0.3 is 5.69 Å². The van der Waals surface area contributed by atoms with Crippen LogP contribution in [0, 0.1) is 0 Å². The first-order valence-electron chi connectivity index (χ1n) is 10.3. The van der Waals surface area contributed by atoms with Crippen LogP contribution in [0.25, 0.3) is 0 Å². The number of aromatic amines is 2. The number of unbranched alkanes of at least 4 members (excludes halogenated alkanes) is 1. The van der Waals surface area contributed by atoms with Crippen molar-refractivity contribution in [3.63, 3.8) is 0 Å². The van der Waals surface area contributed by atoms with Gasteiger partial charge in [0.1, 0.15) is 22.6 Å². The molecule has 5 N–H and O–H groups in total. The maximum Gasteiger partial charge on any atom is 0.328 e. The molecule has 1 fully saturated rings. The number of aromatic hydroxyl groups is 1. The molecule has 2 atom stereocenters. The number of nitrogens with one attached hydrogen (secondary N) is 4. The number of thioether (sulfide) groups is 1. The Labute approximate surface area is 193 Å². The zero-order valence-electron chi connectivity index (χ0n) is 18.1. The minimum atomic E-state index is -1.04. The highest BCUT2D eigenvalue weighted by molar-refractivity contribution is 8.15. The fourth-order valence-electron chi connectivity index (χ4n) is 3.19. The molecule has 1 aliphatic rings. The van der Waals surface area contributed by atoms with Gasteiger partial charge in [0.05, 0.1) is 7.11 Å². The van der Waals surface area contributed by atoms with Gasteiger partial charge in [0.15, 0.2) is 5.17 Å². The van der Waals surface area contributed by atoms with E-state index in [1.165, 1.54) is 7.11 Å². The van der Waals surface area contributed by atoms with Gasteiger partial charge in [0, 0.05) is 13.0 Å². The highest BCUT2D eigenvalue weighted by Gasteiger charge is 2.33. The van der Waals surface area contributed by atoms with E-state index in [4.69, 9.17) is 4.74 Å². The Kier molecular flexibility index (Phi) is 7.93. The molecule has 0 bridgehead atoms. The fourth-order valence-corrected chi connectivity index (χ4v) is 4.19. The Hall–Kier alpha value is -3.54. The van der Waals surface area contributed by atoms with Crippen LogP contribution in [0.15, 0.2) is 38.8 Å². The SMILES string of the molecule is CCCCNC(=O)C[C@@H]1SC(=N[C@H](c2ccc(OC)cc2)c2c(O)[nH]c(=O)[nH]c2=O)NC1=O. The zero-order chi connectivity index (χ0) is 24.0. The second-order valence-electron chi connectivity index (χ2n) is 7.28. The van der Waals surface area contributed by atoms with E-state index in [1.54, 1.807) is 24.3 Å². The second-order valence-corrected chi connectivity index (χ2v) is 8.48. The molecule has 1 aromatic carbocycles. The number of aliphatic imine (C=N–C) groups is 1. The molecule has 0 radical (unpaired) electrons. The normalized spacial score (nSPS) is 17.6. The minimum Gasteiger partial charge on any atom is -0.497 e. The maximum atomic E-state index is 12.5. The molecule has 0 saturated carbocycles. The number of carbonyl (C=O) groups is 2. The summed E-state index contributed by atoms with van der Waals surface area (Å²) >= 11 is 1.06. The van der Waals surface area contributed by atoms with Crippen molar-refractivity contribution >= 4 is 28.7 Å². The van der Waals surface area contributed by atoms with Crippen LogP contribution in [0.3, 0.4) is 0 Å². The number of H-pyrrole nitrogens is 2. The highest BCUT2D eigenvalue weighted by atomic mass is 32.2. The molecule has 0 aliphatic carbocycles. The number of hydrogen-bond acceptors (Lipinski definition) is 8. The van der Waals surface area contributed by atoms with E-state index in [1.807, 2.05) is 6.92 Å². The van der Waals surface area contributed by atoms with Crippen molar-refractivity contribution in [2.75, 3.05) is 13.7 Å². The first-order valence-corrected chi connectivity index (χ1v) is 11.2. The number of aromatic nitrogens is 2. The number of carbonyl (C=O) groups excluding carboxylic acids is 2. The molecular weight excluding hydrogens is 450 g/mol. The van der Waals surface area contributed by atoms with Crippen LogP contribution < -0.4 is 26.6 Å². The zero-order valence-corrected chi connectivity index (χ0v) is 19.0. The van der Waals surface area contributed by atoms with E-state index < -0.39 is 28.4 Å². The largest absolute Gasteiger partial charge is 0.497 e. The number of hydrogen-bond donors (Lipinski definition) is 5. The Balaban J connectivity index is 1.90. The van der Waals surface area contributed by atoms with Crippen molar-refractivity contribution in [1.29, 1.82) is 0 Å². The monoisotopic (exact) mass is 475 g/mol. The third-order valence-corrected chi connectivity index (χ3v) is 6.01. The van der Waals surface area contributed by atoms with Gasteiger partial charge in [-0.2, -0.15) is 0 Å². The third kappa shape index (κ3) is 6.04. The summed E-state index contributed by atoms with van der Waals surface area (Å²) in [6, 6.07) is 5.57. The van der Waals surface area contributed by atoms with Crippen molar-refractivity contribution < 1.29 is 19.4 Å². The lowest BCUT2D eigenvalue weighted by molar-refractivity contribution is -0.125. The van der Waals surface area contributed by atoms with Crippen molar-refractivity contribution in [2.24, 2.45) is 4.99 Å². The first-order chi connectivity index (χ1) is 15.8. The van der Waals surface area contributed by atoms with E-state index in [0.717, 1.165) is 24.6 Å². The van der Waals surface area contributed by atoms with Gasteiger partial charge in [-0.3, -0.25) is 24.4 Å². The Morgan fingerprint density at radius 2 is 1.97 bits per heavy atom. The number of nitrogens with zero attached hydrogens (tertiary/aromatic N) is 1. The van der Waals surface area contributed by atoms with Crippen LogP contribution in [-0.4, -0.2) is 51.0 Å². The summed E-state index contributed by atoms with van der Waals surface area (Å²) in [5.41, 5.74) is -1.36. The summed E-state index contributed by atoms with van der Waals surface area (Å²) in [5, 5.41) is 15.2. The van der Waals surface area contributed by atoms with Crippen LogP contribution in [0.5, 0.6) is 11.6 Å². The van der Waals surface area contributed by atoms with Gasteiger partial charge in [-0.1, -0.05) is 37.2 Å². The van der Waals surface area contributed by atoms with E-state index in [0.29, 0.717) is 17.9 Å². The van der Waals surface area contributed by atoms with E-state index in [9.17, 15) is 24.3 Å². The second kappa shape index (κ2) is 10.9. The smallest absolute Gasteiger partial charge is 0.328 e. The predicted molar refractivity (Wildman–Crippen MR) is 124 cm³/mol. The lowest BCUT2D eigenvalue weighted by Gasteiger charge is -2.15. The number of benzene rings is 1. The first kappa shape index (κ1) is 24.1. The Morgan fingerprint density at radius 3 is 2.61 bits per heavy atom. The molecule has 1 aromatic heterocycles. The molecular formula is C21H25N5O6S. The summed E-state index contributed by atoms with van der Waals surface area (Å²) in [6.07, 6.45) is 1.78. The van der Waals surface area contributed by atoms with E-state index in [2.05, 4.69) is 25.6 Å². The quantitative estimate of drug-likeness (QED) is 0.334. The van der Waals surface area contributed by atoms with Crippen LogP contribution >= 0.6 is 11.8 Å². The van der Waals surface area contributed by atoms with Gasteiger partial charge in [-0.05, 0) is 24.1 Å². The summed E-state index contributed by atoms with van der Waals surface area (Å²) in [4.78, 5) is 57.2. The Bertz CT molecular complexity index is 1160. The van der Waals surface area contributed by atoms with Crippen LogP contribution in [0.2, 0.25) is 0 Å². The molecule has 12 heteroatoms. The van der Waals surface area contributed by atoms with Crippen LogP contribution in [0.1, 0.15) is 43.4 Å². The van der Waals surface area contributed by atoms with Gasteiger partial charge < -0.3 is 20.5 Å². The fraction of sp³-hybridized carbons (Fsp3) is 0.381. The molecule has 2 heterocycles. The van der Waals surface area contributed by atoms with E-state index in [-0.39, 0.29) is 29.0 Å². The van der Waals surface area contributed by atoms with E-state index >= 15 is 0 Å². The Morgan fingerprint density at radius 1 is 1.24 bits per heavy atom. The summed E-state index contributed by atoms with van der Waals surface area (Å²) in [6.45, 7) is 2.56. The molecule has 2 aromatic rings. The molecule has 3 rings (SSSR count). The van der Waals surface area contributed by atoms with Crippen molar-refractivity contribution in [3.05, 3.63) is 56.2 Å². The maximum absolute atomic E-state index is 12.5. The summed E-state index contributed by atoms with van der Waals surface area (Å²) in [7, 11) is 1.51. The molecule has 1 aliphatic heterocycles. The van der Waals surface area contributed by atoms with Crippen molar-refractivity contribution in [2.45, 2.75) is 37.5 Å². The topological polar surface area (TPSA) is 166 Å². The number of amidine groups is 1. The molecule has 33 heavy (non-hydrogen) atoms. The molecule has 2 amide bonds. The summed E-state index contributed by atoms with van der Waals surface area (Å²) in [5.74, 6) is -0.672. The predicted octanol–water partition coefficient (Wildman–Crippen LogP) is 0.761. The molecule has 176 valence electrons. The lowest BCUT2D eigenvalue weighted by atomic mass is 10.0. The van der Waals surface area contributed by atoms with Gasteiger partial charge in [-0.25, -0.2) is 9.79 Å². The number of ether oxygens (including phenoxy) is 1. The lowest BCUT2D eigenvalue weighted by Crippen LogP contribution is -2.31. The number of amides is 2. The highest BCUT2D eigenvalue weighted by Crippen LogP contribution is 2.32. The van der Waals surface area contributed by atoms with Gasteiger partial charge in [-0.15, -0.1) is 0 Å². The molecule has 0 unspecified atom stereocenters.